The molecule has 0 aliphatic carbocycles. The molecule has 0 aromatic carbocycles. The highest BCUT2D eigenvalue weighted by atomic mass is 35.5. The molecule has 0 bridgehead atoms. The summed E-state index contributed by atoms with van der Waals surface area (Å²) < 4.78 is 0. The largest absolute Gasteiger partial charge is 1.00 e. The van der Waals surface area contributed by atoms with E-state index in [0.29, 0.717) is 0 Å². The van der Waals surface area contributed by atoms with Crippen molar-refractivity contribution in [1.82, 2.24) is 0 Å². The monoisotopic (exact) mass is 407 g/mol. The van der Waals surface area contributed by atoms with Gasteiger partial charge in [-0.1, -0.05) is 77.6 Å². The Balaban J connectivity index is 0. The molecule has 0 aliphatic rings. The van der Waals surface area contributed by atoms with Crippen LogP contribution in [0, 0.1) is 5.41 Å². The van der Waals surface area contributed by atoms with E-state index in [-0.39, 0.29) is 17.8 Å². The van der Waals surface area contributed by atoms with Crippen molar-refractivity contribution in [2.24, 2.45) is 5.41 Å². The van der Waals surface area contributed by atoms with E-state index in [1.54, 1.807) is 0 Å². The SMILES string of the molecule is CCCCCCCCCCCCCC(CCCC[NH2+]C)(C(C)O)C(C)O.[Cl-]. The lowest BCUT2D eigenvalue weighted by Gasteiger charge is -2.39. The van der Waals surface area contributed by atoms with Crippen LogP contribution in [-0.2, 0) is 0 Å². The lowest BCUT2D eigenvalue weighted by atomic mass is 9.70. The summed E-state index contributed by atoms with van der Waals surface area (Å²) in [6, 6.07) is 0. The van der Waals surface area contributed by atoms with E-state index in [0.717, 1.165) is 38.6 Å². The molecule has 4 N–H and O–H groups in total. The number of hydrogen-bond donors (Lipinski definition) is 3. The number of hydrogen-bond acceptors (Lipinski definition) is 2. The lowest BCUT2D eigenvalue weighted by molar-refractivity contribution is -0.627. The van der Waals surface area contributed by atoms with E-state index >= 15 is 0 Å². The molecule has 0 aromatic heterocycles. The van der Waals surface area contributed by atoms with Gasteiger partial charge in [0.05, 0.1) is 25.8 Å². The van der Waals surface area contributed by atoms with Crippen LogP contribution in [0.3, 0.4) is 0 Å². The highest BCUT2D eigenvalue weighted by Gasteiger charge is 2.38. The Morgan fingerprint density at radius 2 is 1.04 bits per heavy atom. The Bertz CT molecular complexity index is 290. The first-order valence-electron chi connectivity index (χ1n) is 11.6. The molecular formula is C23H50ClNO2. The van der Waals surface area contributed by atoms with Crippen molar-refractivity contribution in [1.29, 1.82) is 0 Å². The highest BCUT2D eigenvalue weighted by Crippen LogP contribution is 2.38. The van der Waals surface area contributed by atoms with Crippen molar-refractivity contribution in [3.63, 3.8) is 0 Å². The predicted octanol–water partition coefficient (Wildman–Crippen LogP) is 1.80. The van der Waals surface area contributed by atoms with E-state index in [1.165, 1.54) is 64.2 Å². The van der Waals surface area contributed by atoms with Crippen LogP contribution in [0.15, 0.2) is 0 Å². The van der Waals surface area contributed by atoms with Crippen molar-refractivity contribution in [3.05, 3.63) is 0 Å². The fourth-order valence-electron chi connectivity index (χ4n) is 4.23. The zero-order valence-electron chi connectivity index (χ0n) is 18.8. The van der Waals surface area contributed by atoms with Gasteiger partial charge in [-0.15, -0.1) is 0 Å². The lowest BCUT2D eigenvalue weighted by Crippen LogP contribution is -3.00. The minimum absolute atomic E-state index is 0. The molecule has 0 fully saturated rings. The standard InChI is InChI=1S/C23H49NO2.ClH/c1-5-6-7-8-9-10-11-12-13-14-15-18-23(21(2)25,22(3)26)19-16-17-20-24-4;/h21-22,24-26H,5-20H2,1-4H3;1H. The second-order valence-corrected chi connectivity index (χ2v) is 8.52. The molecule has 166 valence electrons. The molecule has 0 saturated carbocycles. The van der Waals surface area contributed by atoms with Gasteiger partial charge in [0.2, 0.25) is 0 Å². The number of aliphatic hydroxyl groups is 2. The van der Waals surface area contributed by atoms with Crippen molar-refractivity contribution in [2.75, 3.05) is 13.6 Å². The molecule has 0 rings (SSSR count). The fraction of sp³-hybridized carbons (Fsp3) is 1.00. The van der Waals surface area contributed by atoms with Crippen LogP contribution in [0.5, 0.6) is 0 Å². The zero-order chi connectivity index (χ0) is 19.7. The maximum atomic E-state index is 10.4. The Morgan fingerprint density at radius 3 is 1.41 bits per heavy atom. The molecular weight excluding hydrogens is 358 g/mol. The van der Waals surface area contributed by atoms with Crippen LogP contribution < -0.4 is 17.7 Å². The van der Waals surface area contributed by atoms with Gasteiger partial charge in [0.25, 0.3) is 0 Å². The predicted molar refractivity (Wildman–Crippen MR) is 113 cm³/mol. The molecule has 4 heteroatoms. The Hall–Kier alpha value is 0.170. The van der Waals surface area contributed by atoms with Gasteiger partial charge >= 0.3 is 0 Å². The van der Waals surface area contributed by atoms with Crippen molar-refractivity contribution in [2.45, 2.75) is 129 Å². The van der Waals surface area contributed by atoms with Gasteiger partial charge in [-0.25, -0.2) is 0 Å². The van der Waals surface area contributed by atoms with Crippen LogP contribution in [0.4, 0.5) is 0 Å². The molecule has 0 aromatic rings. The molecule has 0 heterocycles. The maximum Gasteiger partial charge on any atom is 0.0753 e. The quantitative estimate of drug-likeness (QED) is 0.286. The first-order valence-corrected chi connectivity index (χ1v) is 11.6. The molecule has 0 aliphatic heterocycles. The van der Waals surface area contributed by atoms with E-state index in [2.05, 4.69) is 19.3 Å². The van der Waals surface area contributed by atoms with Gasteiger partial charge in [0, 0.05) is 5.41 Å². The molecule has 0 amide bonds. The first-order chi connectivity index (χ1) is 12.5. The van der Waals surface area contributed by atoms with E-state index in [4.69, 9.17) is 0 Å². The second-order valence-electron chi connectivity index (χ2n) is 8.52. The summed E-state index contributed by atoms with van der Waals surface area (Å²) in [5.74, 6) is 0. The molecule has 0 spiro atoms. The van der Waals surface area contributed by atoms with Gasteiger partial charge in [-0.05, 0) is 39.5 Å². The average molecular weight is 408 g/mol. The van der Waals surface area contributed by atoms with Crippen LogP contribution in [-0.4, -0.2) is 36.0 Å². The third-order valence-corrected chi connectivity index (χ3v) is 6.29. The average Bonchev–Trinajstić information content (AvgIpc) is 2.61. The number of quaternary nitrogens is 1. The number of aliphatic hydroxyl groups excluding tert-OH is 2. The van der Waals surface area contributed by atoms with E-state index in [9.17, 15) is 10.2 Å². The topological polar surface area (TPSA) is 57.1 Å². The van der Waals surface area contributed by atoms with E-state index < -0.39 is 12.2 Å². The highest BCUT2D eigenvalue weighted by molar-refractivity contribution is 4.89. The van der Waals surface area contributed by atoms with Crippen LogP contribution in [0.2, 0.25) is 0 Å². The number of rotatable bonds is 19. The maximum absolute atomic E-state index is 10.4. The van der Waals surface area contributed by atoms with Gasteiger partial charge in [0.1, 0.15) is 0 Å². The fourth-order valence-corrected chi connectivity index (χ4v) is 4.23. The summed E-state index contributed by atoms with van der Waals surface area (Å²) in [4.78, 5) is 0. The Labute approximate surface area is 176 Å². The molecule has 3 nitrogen and oxygen atoms in total. The molecule has 27 heavy (non-hydrogen) atoms. The van der Waals surface area contributed by atoms with Crippen molar-refractivity contribution in [3.8, 4) is 0 Å². The van der Waals surface area contributed by atoms with Crippen LogP contribution in [0.1, 0.15) is 117 Å². The smallest absolute Gasteiger partial charge is 0.0753 e. The van der Waals surface area contributed by atoms with Crippen molar-refractivity contribution < 1.29 is 27.9 Å². The van der Waals surface area contributed by atoms with Crippen LogP contribution in [0.25, 0.3) is 0 Å². The van der Waals surface area contributed by atoms with Gasteiger partial charge in [0.15, 0.2) is 0 Å². The summed E-state index contributed by atoms with van der Waals surface area (Å²) in [7, 11) is 2.10. The normalized spacial score (nSPS) is 15.8. The number of halogens is 1. The minimum Gasteiger partial charge on any atom is -1.00 e. The Kier molecular flexibility index (Phi) is 21.2. The first kappa shape index (κ1) is 29.4. The van der Waals surface area contributed by atoms with Crippen molar-refractivity contribution >= 4 is 0 Å². The van der Waals surface area contributed by atoms with Gasteiger partial charge in [-0.2, -0.15) is 0 Å². The molecule has 0 radical (unpaired) electrons. The zero-order valence-corrected chi connectivity index (χ0v) is 19.6. The third-order valence-electron chi connectivity index (χ3n) is 6.29. The number of unbranched alkanes of at least 4 members (excludes halogenated alkanes) is 11. The molecule has 0 saturated heterocycles. The summed E-state index contributed by atoms with van der Waals surface area (Å²) >= 11 is 0. The van der Waals surface area contributed by atoms with Gasteiger partial charge < -0.3 is 27.9 Å². The molecule has 2 unspecified atom stereocenters. The third kappa shape index (κ3) is 13.9. The van der Waals surface area contributed by atoms with E-state index in [1.807, 2.05) is 13.8 Å². The Morgan fingerprint density at radius 1 is 0.667 bits per heavy atom. The molecule has 2 atom stereocenters. The summed E-state index contributed by atoms with van der Waals surface area (Å²) in [5, 5.41) is 23.0. The summed E-state index contributed by atoms with van der Waals surface area (Å²) in [6.45, 7) is 7.15. The summed E-state index contributed by atoms with van der Waals surface area (Å²) in [5.41, 5.74) is -0.312. The van der Waals surface area contributed by atoms with Crippen LogP contribution >= 0.6 is 0 Å². The summed E-state index contributed by atoms with van der Waals surface area (Å²) in [6.07, 6.45) is 18.0. The second kappa shape index (κ2) is 19.5. The van der Waals surface area contributed by atoms with Gasteiger partial charge in [-0.3, -0.25) is 0 Å². The minimum atomic E-state index is -0.434. The number of nitrogens with two attached hydrogens (primary N) is 1.